The number of benzene rings is 3. The Bertz CT molecular complexity index is 731. The number of aryl methyl sites for hydroxylation is 1. The highest BCUT2D eigenvalue weighted by atomic mass is 14.9. The third kappa shape index (κ3) is 2.97. The Kier molecular flexibility index (Phi) is 3.74. The lowest BCUT2D eigenvalue weighted by Crippen LogP contribution is -1.96. The SMILES string of the molecule is Cc1cc(-c2ccccc2)cc(Nc2ccccc2)c1C. The summed E-state index contributed by atoms with van der Waals surface area (Å²) < 4.78 is 0. The maximum absolute atomic E-state index is 3.52. The van der Waals surface area contributed by atoms with E-state index in [1.165, 1.54) is 27.9 Å². The van der Waals surface area contributed by atoms with Gasteiger partial charge in [0.1, 0.15) is 0 Å². The molecule has 21 heavy (non-hydrogen) atoms. The van der Waals surface area contributed by atoms with Crippen LogP contribution in [0, 0.1) is 13.8 Å². The summed E-state index contributed by atoms with van der Waals surface area (Å²) in [4.78, 5) is 0. The summed E-state index contributed by atoms with van der Waals surface area (Å²) in [5.74, 6) is 0. The second kappa shape index (κ2) is 5.84. The molecule has 0 aliphatic rings. The lowest BCUT2D eigenvalue weighted by Gasteiger charge is -2.14. The fourth-order valence-corrected chi connectivity index (χ4v) is 2.46. The molecular weight excluding hydrogens is 254 g/mol. The van der Waals surface area contributed by atoms with Crippen molar-refractivity contribution in [2.75, 3.05) is 5.32 Å². The van der Waals surface area contributed by atoms with Crippen LogP contribution < -0.4 is 5.32 Å². The second-order valence-electron chi connectivity index (χ2n) is 5.32. The minimum Gasteiger partial charge on any atom is -0.355 e. The summed E-state index contributed by atoms with van der Waals surface area (Å²) in [6.45, 7) is 4.33. The zero-order chi connectivity index (χ0) is 14.7. The van der Waals surface area contributed by atoms with Gasteiger partial charge < -0.3 is 5.32 Å². The molecule has 0 aliphatic carbocycles. The van der Waals surface area contributed by atoms with Gasteiger partial charge in [-0.05, 0) is 54.3 Å². The topological polar surface area (TPSA) is 12.0 Å². The first-order chi connectivity index (χ1) is 10.2. The van der Waals surface area contributed by atoms with Gasteiger partial charge in [0, 0.05) is 11.4 Å². The van der Waals surface area contributed by atoms with Crippen molar-refractivity contribution < 1.29 is 0 Å². The van der Waals surface area contributed by atoms with E-state index in [9.17, 15) is 0 Å². The Balaban J connectivity index is 2.02. The third-order valence-electron chi connectivity index (χ3n) is 3.83. The lowest BCUT2D eigenvalue weighted by atomic mass is 9.98. The lowest BCUT2D eigenvalue weighted by molar-refractivity contribution is 1.33. The molecule has 0 aliphatic heterocycles. The summed E-state index contributed by atoms with van der Waals surface area (Å²) in [6, 6.07) is 25.3. The molecule has 0 fully saturated rings. The van der Waals surface area contributed by atoms with E-state index in [0.29, 0.717) is 0 Å². The fourth-order valence-electron chi connectivity index (χ4n) is 2.46. The monoisotopic (exact) mass is 273 g/mol. The molecule has 1 N–H and O–H groups in total. The first kappa shape index (κ1) is 13.4. The van der Waals surface area contributed by atoms with Gasteiger partial charge in [-0.25, -0.2) is 0 Å². The van der Waals surface area contributed by atoms with E-state index in [1.807, 2.05) is 24.3 Å². The summed E-state index contributed by atoms with van der Waals surface area (Å²) in [7, 11) is 0. The van der Waals surface area contributed by atoms with Crippen molar-refractivity contribution in [1.82, 2.24) is 0 Å². The number of hydrogen-bond acceptors (Lipinski definition) is 1. The molecule has 0 atom stereocenters. The fraction of sp³-hybridized carbons (Fsp3) is 0.100. The standard InChI is InChI=1S/C20H19N/c1-15-13-18(17-9-5-3-6-10-17)14-20(16(15)2)21-19-11-7-4-8-12-19/h3-14,21H,1-2H3. The molecule has 3 aromatic rings. The van der Waals surface area contributed by atoms with Crippen molar-refractivity contribution in [2.24, 2.45) is 0 Å². The summed E-state index contributed by atoms with van der Waals surface area (Å²) in [6.07, 6.45) is 0. The molecule has 0 unspecified atom stereocenters. The normalized spacial score (nSPS) is 10.4. The largest absolute Gasteiger partial charge is 0.355 e. The predicted molar refractivity (Wildman–Crippen MR) is 91.1 cm³/mol. The summed E-state index contributed by atoms with van der Waals surface area (Å²) in [5, 5.41) is 3.52. The second-order valence-corrected chi connectivity index (χ2v) is 5.32. The Hall–Kier alpha value is -2.54. The number of anilines is 2. The number of nitrogens with one attached hydrogen (secondary N) is 1. The van der Waals surface area contributed by atoms with Crippen molar-refractivity contribution in [1.29, 1.82) is 0 Å². The Labute approximate surface area is 126 Å². The van der Waals surface area contributed by atoms with Crippen LogP contribution in [0.4, 0.5) is 11.4 Å². The average molecular weight is 273 g/mol. The molecule has 3 aromatic carbocycles. The molecule has 0 amide bonds. The Morgan fingerprint density at radius 2 is 1.29 bits per heavy atom. The van der Waals surface area contributed by atoms with E-state index < -0.39 is 0 Å². The van der Waals surface area contributed by atoms with Crippen LogP contribution in [0.25, 0.3) is 11.1 Å². The van der Waals surface area contributed by atoms with Gasteiger partial charge in [0.2, 0.25) is 0 Å². The number of rotatable bonds is 3. The van der Waals surface area contributed by atoms with Crippen LogP contribution in [-0.2, 0) is 0 Å². The molecule has 0 saturated carbocycles. The van der Waals surface area contributed by atoms with Crippen molar-refractivity contribution in [3.63, 3.8) is 0 Å². The first-order valence-electron chi connectivity index (χ1n) is 7.23. The van der Waals surface area contributed by atoms with Crippen LogP contribution in [0.1, 0.15) is 11.1 Å². The van der Waals surface area contributed by atoms with Crippen molar-refractivity contribution in [2.45, 2.75) is 13.8 Å². The smallest absolute Gasteiger partial charge is 0.0422 e. The van der Waals surface area contributed by atoms with E-state index in [2.05, 4.69) is 67.7 Å². The van der Waals surface area contributed by atoms with E-state index >= 15 is 0 Å². The molecule has 0 radical (unpaired) electrons. The van der Waals surface area contributed by atoms with Crippen LogP contribution in [0.3, 0.4) is 0 Å². The van der Waals surface area contributed by atoms with E-state index in [4.69, 9.17) is 0 Å². The Morgan fingerprint density at radius 1 is 0.667 bits per heavy atom. The van der Waals surface area contributed by atoms with Gasteiger partial charge in [0.05, 0.1) is 0 Å². The molecule has 1 nitrogen and oxygen atoms in total. The van der Waals surface area contributed by atoms with Gasteiger partial charge in [-0.3, -0.25) is 0 Å². The molecule has 0 aromatic heterocycles. The molecule has 0 saturated heterocycles. The number of para-hydroxylation sites is 1. The quantitative estimate of drug-likeness (QED) is 0.644. The van der Waals surface area contributed by atoms with E-state index in [1.54, 1.807) is 0 Å². The van der Waals surface area contributed by atoms with Crippen LogP contribution >= 0.6 is 0 Å². The van der Waals surface area contributed by atoms with E-state index in [0.717, 1.165) is 5.69 Å². The van der Waals surface area contributed by atoms with Gasteiger partial charge >= 0.3 is 0 Å². The van der Waals surface area contributed by atoms with Crippen LogP contribution in [-0.4, -0.2) is 0 Å². The predicted octanol–water partition coefficient (Wildman–Crippen LogP) is 5.71. The van der Waals surface area contributed by atoms with Gasteiger partial charge in [-0.1, -0.05) is 54.6 Å². The minimum absolute atomic E-state index is 1.12. The van der Waals surface area contributed by atoms with E-state index in [-0.39, 0.29) is 0 Å². The van der Waals surface area contributed by atoms with Crippen LogP contribution in [0.15, 0.2) is 72.8 Å². The molecule has 0 heterocycles. The van der Waals surface area contributed by atoms with Gasteiger partial charge in [-0.15, -0.1) is 0 Å². The number of hydrogen-bond donors (Lipinski definition) is 1. The molecule has 1 heteroatoms. The van der Waals surface area contributed by atoms with Crippen molar-refractivity contribution in [3.05, 3.63) is 83.9 Å². The molecular formula is C20H19N. The zero-order valence-corrected chi connectivity index (χ0v) is 12.4. The maximum Gasteiger partial charge on any atom is 0.0422 e. The Morgan fingerprint density at radius 3 is 1.95 bits per heavy atom. The van der Waals surface area contributed by atoms with Gasteiger partial charge in [0.15, 0.2) is 0 Å². The highest BCUT2D eigenvalue weighted by molar-refractivity contribution is 5.74. The van der Waals surface area contributed by atoms with Crippen LogP contribution in [0.5, 0.6) is 0 Å². The maximum atomic E-state index is 3.52. The minimum atomic E-state index is 1.12. The molecule has 3 rings (SSSR count). The zero-order valence-electron chi connectivity index (χ0n) is 12.4. The summed E-state index contributed by atoms with van der Waals surface area (Å²) >= 11 is 0. The first-order valence-corrected chi connectivity index (χ1v) is 7.23. The van der Waals surface area contributed by atoms with Crippen molar-refractivity contribution >= 4 is 11.4 Å². The molecule has 0 spiro atoms. The third-order valence-corrected chi connectivity index (χ3v) is 3.83. The molecule has 0 bridgehead atoms. The van der Waals surface area contributed by atoms with Gasteiger partial charge in [-0.2, -0.15) is 0 Å². The van der Waals surface area contributed by atoms with Crippen LogP contribution in [0.2, 0.25) is 0 Å². The highest BCUT2D eigenvalue weighted by Crippen LogP contribution is 2.30. The van der Waals surface area contributed by atoms with Gasteiger partial charge in [0.25, 0.3) is 0 Å². The molecule has 104 valence electrons. The summed E-state index contributed by atoms with van der Waals surface area (Å²) in [5.41, 5.74) is 7.37. The average Bonchev–Trinajstić information content (AvgIpc) is 2.53. The highest BCUT2D eigenvalue weighted by Gasteiger charge is 2.06. The van der Waals surface area contributed by atoms with Crippen molar-refractivity contribution in [3.8, 4) is 11.1 Å².